The van der Waals surface area contributed by atoms with Gasteiger partial charge in [-0.3, -0.25) is 0 Å². The molecule has 1 amide bonds. The molecule has 2 N–H and O–H groups in total. The Morgan fingerprint density at radius 2 is 1.73 bits per heavy atom. The van der Waals surface area contributed by atoms with Gasteiger partial charge in [0.2, 0.25) is 0 Å². The zero-order valence-corrected chi connectivity index (χ0v) is 14.3. The number of halogens is 1. The van der Waals surface area contributed by atoms with Crippen LogP contribution in [-0.2, 0) is 32.8 Å². The van der Waals surface area contributed by atoms with Crippen molar-refractivity contribution in [3.8, 4) is 0 Å². The third-order valence-corrected chi connectivity index (χ3v) is 4.24. The summed E-state index contributed by atoms with van der Waals surface area (Å²) in [7, 11) is -4.90. The molecule has 0 spiro atoms. The number of carbonyl (C=O) groups is 2. The molecule has 2 aromatic rings. The summed E-state index contributed by atoms with van der Waals surface area (Å²) in [6, 6.07) is 12.2. The maximum absolute atomic E-state index is 13.0. The molecule has 2 rings (SSSR count). The van der Waals surface area contributed by atoms with E-state index in [9.17, 15) is 27.0 Å². The Labute approximate surface area is 149 Å². The van der Waals surface area contributed by atoms with Gasteiger partial charge in [-0.05, 0) is 23.3 Å². The Morgan fingerprint density at radius 3 is 2.35 bits per heavy atom. The molecule has 0 aromatic heterocycles. The first-order chi connectivity index (χ1) is 12.3. The Balaban J connectivity index is 2.00. The molecule has 0 saturated heterocycles. The number of hydrogen-bond acceptors (Lipinski definition) is 5. The van der Waals surface area contributed by atoms with Crippen molar-refractivity contribution in [3.63, 3.8) is 0 Å². The van der Waals surface area contributed by atoms with E-state index in [1.54, 1.807) is 30.3 Å². The van der Waals surface area contributed by atoms with Gasteiger partial charge >= 0.3 is 22.3 Å². The lowest BCUT2D eigenvalue weighted by Gasteiger charge is -2.15. The number of carboxylic acid groups (broad SMARTS) is 1. The topological polar surface area (TPSA) is 110 Å². The van der Waals surface area contributed by atoms with Crippen molar-refractivity contribution in [1.29, 1.82) is 0 Å². The van der Waals surface area contributed by atoms with Gasteiger partial charge in [0.25, 0.3) is 0 Å². The van der Waals surface area contributed by atoms with Crippen molar-refractivity contribution in [2.24, 2.45) is 0 Å². The molecule has 0 unspecified atom stereocenters. The van der Waals surface area contributed by atoms with Crippen molar-refractivity contribution in [3.05, 3.63) is 65.7 Å². The average molecular weight is 381 g/mol. The lowest BCUT2D eigenvalue weighted by Crippen LogP contribution is -2.42. The predicted molar refractivity (Wildman–Crippen MR) is 89.6 cm³/mol. The van der Waals surface area contributed by atoms with Gasteiger partial charge in [-0.15, -0.1) is 3.89 Å². The summed E-state index contributed by atoms with van der Waals surface area (Å²) in [5.41, 5.74) is 0.967. The molecular weight excluding hydrogens is 365 g/mol. The van der Waals surface area contributed by atoms with Crippen molar-refractivity contribution in [2.75, 3.05) is 0 Å². The molecule has 138 valence electrons. The van der Waals surface area contributed by atoms with Crippen LogP contribution >= 0.6 is 0 Å². The highest BCUT2D eigenvalue weighted by molar-refractivity contribution is 7.86. The van der Waals surface area contributed by atoms with Gasteiger partial charge in [0.05, 0.1) is 4.90 Å². The molecule has 9 heteroatoms. The number of ether oxygens (including phenoxy) is 1. The zero-order valence-electron chi connectivity index (χ0n) is 13.5. The first kappa shape index (κ1) is 19.4. The van der Waals surface area contributed by atoms with Crippen LogP contribution in [0.5, 0.6) is 0 Å². The van der Waals surface area contributed by atoms with Crippen LogP contribution in [0.2, 0.25) is 0 Å². The van der Waals surface area contributed by atoms with E-state index in [-0.39, 0.29) is 18.6 Å². The van der Waals surface area contributed by atoms with Gasteiger partial charge in [0.15, 0.2) is 0 Å². The van der Waals surface area contributed by atoms with Crippen LogP contribution in [-0.4, -0.2) is 31.6 Å². The van der Waals surface area contributed by atoms with Crippen molar-refractivity contribution >= 4 is 22.3 Å². The largest absolute Gasteiger partial charge is 0.480 e. The molecule has 26 heavy (non-hydrogen) atoms. The summed E-state index contributed by atoms with van der Waals surface area (Å²) in [4.78, 5) is 22.5. The van der Waals surface area contributed by atoms with Crippen LogP contribution in [0.25, 0.3) is 0 Å². The van der Waals surface area contributed by atoms with E-state index in [1.807, 2.05) is 0 Å². The number of benzene rings is 2. The molecular formula is C17H16FNO6S. The molecule has 0 heterocycles. The van der Waals surface area contributed by atoms with Crippen molar-refractivity contribution in [1.82, 2.24) is 5.32 Å². The second-order valence-electron chi connectivity index (χ2n) is 5.39. The Bertz CT molecular complexity index is 885. The first-order valence-corrected chi connectivity index (χ1v) is 8.87. The quantitative estimate of drug-likeness (QED) is 0.712. The fourth-order valence-corrected chi connectivity index (χ4v) is 2.70. The Morgan fingerprint density at radius 1 is 1.08 bits per heavy atom. The summed E-state index contributed by atoms with van der Waals surface area (Å²) in [6.07, 6.45) is -1.17. The van der Waals surface area contributed by atoms with E-state index in [2.05, 4.69) is 5.32 Å². The number of alkyl carbamates (subject to hydrolysis) is 1. The second kappa shape index (κ2) is 8.43. The Kier molecular flexibility index (Phi) is 6.29. The number of amides is 1. The fraction of sp³-hybridized carbons (Fsp3) is 0.176. The Hall–Kier alpha value is -2.94. The smallest absolute Gasteiger partial charge is 0.408 e. The number of nitrogens with one attached hydrogen (secondary N) is 1. The van der Waals surface area contributed by atoms with Crippen LogP contribution in [0.15, 0.2) is 59.5 Å². The minimum atomic E-state index is -4.90. The van der Waals surface area contributed by atoms with E-state index < -0.39 is 33.2 Å². The molecule has 0 radical (unpaired) electrons. The van der Waals surface area contributed by atoms with Gasteiger partial charge in [0.1, 0.15) is 12.6 Å². The minimum absolute atomic E-state index is 0.0331. The van der Waals surface area contributed by atoms with Gasteiger partial charge < -0.3 is 15.2 Å². The number of carbonyl (C=O) groups excluding carboxylic acids is 1. The lowest BCUT2D eigenvalue weighted by atomic mass is 10.1. The van der Waals surface area contributed by atoms with Gasteiger partial charge in [0, 0.05) is 6.42 Å². The van der Waals surface area contributed by atoms with E-state index in [0.717, 1.165) is 17.7 Å². The molecule has 0 fully saturated rings. The van der Waals surface area contributed by atoms with Gasteiger partial charge in [-0.2, -0.15) is 8.42 Å². The highest BCUT2D eigenvalue weighted by Crippen LogP contribution is 2.15. The molecule has 0 bridgehead atoms. The molecule has 0 aliphatic rings. The SMILES string of the molecule is O=C(N[C@@H](Cc1cccc(S(=O)(=O)F)c1)C(=O)O)OCc1ccccc1. The van der Waals surface area contributed by atoms with Crippen LogP contribution in [0, 0.1) is 0 Å². The number of aliphatic carboxylic acids is 1. The molecule has 7 nitrogen and oxygen atoms in total. The van der Waals surface area contributed by atoms with E-state index in [0.29, 0.717) is 0 Å². The second-order valence-corrected chi connectivity index (χ2v) is 6.73. The van der Waals surface area contributed by atoms with E-state index in [4.69, 9.17) is 4.74 Å². The molecule has 0 aliphatic heterocycles. The highest BCUT2D eigenvalue weighted by atomic mass is 32.3. The summed E-state index contributed by atoms with van der Waals surface area (Å²) < 4.78 is 39.8. The standard InChI is InChI=1S/C17H16FNO6S/c18-26(23,24)14-8-4-7-13(9-14)10-15(16(20)21)19-17(22)25-11-12-5-2-1-3-6-12/h1-9,15H,10-11H2,(H,19,22)(H,20,21)/t15-/m0/s1. The van der Waals surface area contributed by atoms with Crippen LogP contribution in [0.1, 0.15) is 11.1 Å². The third kappa shape index (κ3) is 5.85. The normalized spacial score (nSPS) is 12.2. The van der Waals surface area contributed by atoms with Crippen molar-refractivity contribution < 1.29 is 31.7 Å². The number of hydrogen-bond donors (Lipinski definition) is 2. The first-order valence-electron chi connectivity index (χ1n) is 7.49. The van der Waals surface area contributed by atoms with Gasteiger partial charge in [-0.25, -0.2) is 9.59 Å². The minimum Gasteiger partial charge on any atom is -0.480 e. The molecule has 0 saturated carbocycles. The monoisotopic (exact) mass is 381 g/mol. The molecule has 0 aliphatic carbocycles. The number of carboxylic acids is 1. The summed E-state index contributed by atoms with van der Waals surface area (Å²) in [5.74, 6) is -1.34. The highest BCUT2D eigenvalue weighted by Gasteiger charge is 2.22. The predicted octanol–water partition coefficient (Wildman–Crippen LogP) is 2.27. The lowest BCUT2D eigenvalue weighted by molar-refractivity contribution is -0.139. The fourth-order valence-electron chi connectivity index (χ4n) is 2.17. The number of rotatable bonds is 7. The third-order valence-electron chi connectivity index (χ3n) is 3.42. The summed E-state index contributed by atoms with van der Waals surface area (Å²) >= 11 is 0. The van der Waals surface area contributed by atoms with E-state index in [1.165, 1.54) is 12.1 Å². The average Bonchev–Trinajstić information content (AvgIpc) is 2.60. The maximum Gasteiger partial charge on any atom is 0.408 e. The zero-order chi connectivity index (χ0) is 19.2. The molecule has 2 aromatic carbocycles. The van der Waals surface area contributed by atoms with Gasteiger partial charge in [-0.1, -0.05) is 42.5 Å². The van der Waals surface area contributed by atoms with Crippen molar-refractivity contribution in [2.45, 2.75) is 24.0 Å². The molecule has 1 atom stereocenters. The van der Waals surface area contributed by atoms with Crippen LogP contribution in [0.3, 0.4) is 0 Å². The maximum atomic E-state index is 13.0. The van der Waals surface area contributed by atoms with Crippen LogP contribution in [0.4, 0.5) is 8.68 Å². The van der Waals surface area contributed by atoms with Crippen LogP contribution < -0.4 is 5.32 Å². The summed E-state index contributed by atoms with van der Waals surface area (Å²) in [6.45, 7) is -0.0331. The summed E-state index contributed by atoms with van der Waals surface area (Å²) in [5, 5.41) is 11.4. The van der Waals surface area contributed by atoms with E-state index >= 15 is 0 Å².